The average Bonchev–Trinajstić information content (AvgIpc) is 2.21. The monoisotopic (exact) mass is 203 g/mol. The lowest BCUT2D eigenvalue weighted by atomic mass is 10.0. The van der Waals surface area contributed by atoms with Gasteiger partial charge in [-0.3, -0.25) is 0 Å². The van der Waals surface area contributed by atoms with E-state index >= 15 is 0 Å². The van der Waals surface area contributed by atoms with Crippen molar-refractivity contribution in [2.45, 2.75) is 31.9 Å². The van der Waals surface area contributed by atoms with Crippen molar-refractivity contribution < 1.29 is 14.6 Å². The highest BCUT2D eigenvalue weighted by Gasteiger charge is 2.17. The molecular formula is C10H21NO3. The van der Waals surface area contributed by atoms with Crippen molar-refractivity contribution in [2.24, 2.45) is 0 Å². The fourth-order valence-corrected chi connectivity index (χ4v) is 1.56. The van der Waals surface area contributed by atoms with Gasteiger partial charge in [0.05, 0.1) is 32.5 Å². The molecule has 84 valence electrons. The molecule has 2 atom stereocenters. The first-order chi connectivity index (χ1) is 6.83. The second-order valence-electron chi connectivity index (χ2n) is 3.72. The summed E-state index contributed by atoms with van der Waals surface area (Å²) in [5.41, 5.74) is 0. The number of aliphatic hydroxyl groups excluding tert-OH is 1. The molecule has 0 radical (unpaired) electrons. The van der Waals surface area contributed by atoms with Crippen molar-refractivity contribution in [3.63, 3.8) is 0 Å². The minimum absolute atomic E-state index is 0.0858. The minimum Gasteiger partial charge on any atom is -0.394 e. The predicted octanol–water partition coefficient (Wildman–Crippen LogP) is 0.152. The van der Waals surface area contributed by atoms with E-state index in [1.807, 2.05) is 0 Å². The molecule has 0 aromatic rings. The first-order valence-corrected chi connectivity index (χ1v) is 5.36. The molecule has 4 heteroatoms. The van der Waals surface area contributed by atoms with Crippen LogP contribution in [0.2, 0.25) is 0 Å². The second kappa shape index (κ2) is 7.17. The number of piperidine rings is 1. The SMILES string of the molecule is CC1CCC(OCCOCCO)CN1. The summed E-state index contributed by atoms with van der Waals surface area (Å²) in [5.74, 6) is 0. The molecule has 0 bridgehead atoms. The van der Waals surface area contributed by atoms with Crippen LogP contribution in [0.3, 0.4) is 0 Å². The molecule has 14 heavy (non-hydrogen) atoms. The lowest BCUT2D eigenvalue weighted by Gasteiger charge is -2.27. The Kier molecular flexibility index (Phi) is 6.10. The molecule has 2 N–H and O–H groups in total. The van der Waals surface area contributed by atoms with Gasteiger partial charge >= 0.3 is 0 Å². The normalized spacial score (nSPS) is 27.9. The van der Waals surface area contributed by atoms with Crippen molar-refractivity contribution in [2.75, 3.05) is 33.0 Å². The maximum absolute atomic E-state index is 8.47. The summed E-state index contributed by atoms with van der Waals surface area (Å²) < 4.78 is 10.7. The Hall–Kier alpha value is -0.160. The summed E-state index contributed by atoms with van der Waals surface area (Å²) in [6, 6.07) is 0.625. The van der Waals surface area contributed by atoms with Crippen molar-refractivity contribution >= 4 is 0 Å². The van der Waals surface area contributed by atoms with Crippen molar-refractivity contribution in [1.29, 1.82) is 0 Å². The van der Waals surface area contributed by atoms with Gasteiger partial charge in [-0.15, -0.1) is 0 Å². The molecule has 0 aromatic carbocycles. The van der Waals surface area contributed by atoms with E-state index in [9.17, 15) is 0 Å². The van der Waals surface area contributed by atoms with Crippen LogP contribution >= 0.6 is 0 Å². The topological polar surface area (TPSA) is 50.7 Å². The molecule has 1 rings (SSSR count). The Morgan fingerprint density at radius 2 is 2.14 bits per heavy atom. The summed E-state index contributed by atoms with van der Waals surface area (Å²) in [5, 5.41) is 11.8. The molecule has 1 saturated heterocycles. The summed E-state index contributed by atoms with van der Waals surface area (Å²) in [6.45, 7) is 4.83. The molecule has 4 nitrogen and oxygen atoms in total. The van der Waals surface area contributed by atoms with Crippen molar-refractivity contribution in [3.05, 3.63) is 0 Å². The first kappa shape index (κ1) is 11.9. The summed E-state index contributed by atoms with van der Waals surface area (Å²) in [7, 11) is 0. The van der Waals surface area contributed by atoms with Gasteiger partial charge in [0.25, 0.3) is 0 Å². The van der Waals surface area contributed by atoms with Gasteiger partial charge in [0.15, 0.2) is 0 Å². The number of aliphatic hydroxyl groups is 1. The Morgan fingerprint density at radius 1 is 1.29 bits per heavy atom. The highest BCUT2D eigenvalue weighted by molar-refractivity contribution is 4.74. The maximum atomic E-state index is 8.47. The van der Waals surface area contributed by atoms with Crippen LogP contribution in [0, 0.1) is 0 Å². The molecule has 0 aromatic heterocycles. The minimum atomic E-state index is 0.0858. The van der Waals surface area contributed by atoms with Gasteiger partial charge in [0.2, 0.25) is 0 Å². The summed E-state index contributed by atoms with van der Waals surface area (Å²) >= 11 is 0. The van der Waals surface area contributed by atoms with Crippen LogP contribution in [-0.2, 0) is 9.47 Å². The number of rotatable bonds is 6. The zero-order valence-electron chi connectivity index (χ0n) is 8.87. The van der Waals surface area contributed by atoms with Crippen LogP contribution in [0.15, 0.2) is 0 Å². The maximum Gasteiger partial charge on any atom is 0.0704 e. The van der Waals surface area contributed by atoms with Gasteiger partial charge in [-0.2, -0.15) is 0 Å². The lowest BCUT2D eigenvalue weighted by Crippen LogP contribution is -2.41. The fourth-order valence-electron chi connectivity index (χ4n) is 1.56. The molecule has 1 aliphatic heterocycles. The van der Waals surface area contributed by atoms with Crippen LogP contribution in [0.25, 0.3) is 0 Å². The van der Waals surface area contributed by atoms with Crippen LogP contribution in [-0.4, -0.2) is 50.2 Å². The van der Waals surface area contributed by atoms with Crippen LogP contribution in [0.4, 0.5) is 0 Å². The van der Waals surface area contributed by atoms with E-state index in [0.29, 0.717) is 32.0 Å². The molecule has 1 aliphatic rings. The predicted molar refractivity (Wildman–Crippen MR) is 54.3 cm³/mol. The third-order valence-electron chi connectivity index (χ3n) is 2.43. The molecule has 0 spiro atoms. The van der Waals surface area contributed by atoms with Gasteiger partial charge < -0.3 is 19.9 Å². The van der Waals surface area contributed by atoms with E-state index in [-0.39, 0.29) is 6.61 Å². The van der Waals surface area contributed by atoms with Gasteiger partial charge in [0, 0.05) is 12.6 Å². The van der Waals surface area contributed by atoms with E-state index in [1.165, 1.54) is 6.42 Å². The Labute approximate surface area is 85.6 Å². The molecule has 1 fully saturated rings. The number of hydrogen-bond acceptors (Lipinski definition) is 4. The van der Waals surface area contributed by atoms with E-state index in [1.54, 1.807) is 0 Å². The van der Waals surface area contributed by atoms with Gasteiger partial charge in [-0.1, -0.05) is 0 Å². The average molecular weight is 203 g/mol. The van der Waals surface area contributed by atoms with E-state index in [2.05, 4.69) is 12.2 Å². The smallest absolute Gasteiger partial charge is 0.0704 e. The molecule has 1 heterocycles. The Balaban J connectivity index is 1.91. The third kappa shape index (κ3) is 4.91. The Morgan fingerprint density at radius 3 is 2.79 bits per heavy atom. The summed E-state index contributed by atoms with van der Waals surface area (Å²) in [6.07, 6.45) is 2.65. The summed E-state index contributed by atoms with van der Waals surface area (Å²) in [4.78, 5) is 0. The molecule has 0 aliphatic carbocycles. The largest absolute Gasteiger partial charge is 0.394 e. The molecule has 0 amide bonds. The second-order valence-corrected chi connectivity index (χ2v) is 3.72. The molecular weight excluding hydrogens is 182 g/mol. The van der Waals surface area contributed by atoms with E-state index < -0.39 is 0 Å². The van der Waals surface area contributed by atoms with E-state index in [4.69, 9.17) is 14.6 Å². The number of nitrogens with one attached hydrogen (secondary N) is 1. The highest BCUT2D eigenvalue weighted by Crippen LogP contribution is 2.10. The number of hydrogen-bond donors (Lipinski definition) is 2. The van der Waals surface area contributed by atoms with Gasteiger partial charge in [-0.25, -0.2) is 0 Å². The highest BCUT2D eigenvalue weighted by atomic mass is 16.5. The fraction of sp³-hybridized carbons (Fsp3) is 1.00. The van der Waals surface area contributed by atoms with Gasteiger partial charge in [0.1, 0.15) is 0 Å². The zero-order chi connectivity index (χ0) is 10.2. The van der Waals surface area contributed by atoms with Crippen molar-refractivity contribution in [1.82, 2.24) is 5.32 Å². The standard InChI is InChI=1S/C10H21NO3/c1-9-2-3-10(8-11-9)14-7-6-13-5-4-12/h9-12H,2-8H2,1H3. The lowest BCUT2D eigenvalue weighted by molar-refractivity contribution is -0.0134. The molecule has 0 saturated carbocycles. The third-order valence-corrected chi connectivity index (χ3v) is 2.43. The molecule has 2 unspecified atom stereocenters. The first-order valence-electron chi connectivity index (χ1n) is 5.36. The van der Waals surface area contributed by atoms with Crippen LogP contribution in [0.5, 0.6) is 0 Å². The quantitative estimate of drug-likeness (QED) is 0.603. The van der Waals surface area contributed by atoms with Crippen molar-refractivity contribution in [3.8, 4) is 0 Å². The van der Waals surface area contributed by atoms with Crippen LogP contribution < -0.4 is 5.32 Å². The van der Waals surface area contributed by atoms with Gasteiger partial charge in [-0.05, 0) is 19.8 Å². The zero-order valence-corrected chi connectivity index (χ0v) is 8.87. The number of ether oxygens (including phenoxy) is 2. The van der Waals surface area contributed by atoms with E-state index in [0.717, 1.165) is 13.0 Å². The Bertz CT molecular complexity index is 135. The van der Waals surface area contributed by atoms with Crippen LogP contribution in [0.1, 0.15) is 19.8 Å².